The normalized spacial score (nSPS) is 11.0. The van der Waals surface area contributed by atoms with Crippen molar-refractivity contribution >= 4 is 54.9 Å². The molecule has 108 valence electrons. The summed E-state index contributed by atoms with van der Waals surface area (Å²) in [4.78, 5) is 12.9. The number of aryl methyl sites for hydroxylation is 1. The van der Waals surface area contributed by atoms with Gasteiger partial charge in [0.1, 0.15) is 4.88 Å². The maximum atomic E-state index is 12.3. The molecule has 3 aromatic rings. The van der Waals surface area contributed by atoms with Crippen molar-refractivity contribution in [3.05, 3.63) is 50.5 Å². The minimum Gasteiger partial charge on any atom is -0.346 e. The average Bonchev–Trinajstić information content (AvgIpc) is 2.98. The highest BCUT2D eigenvalue weighted by Gasteiger charge is 2.17. The third-order valence-electron chi connectivity index (χ3n) is 3.17. The first-order valence-corrected chi connectivity index (χ1v) is 8.18. The number of nitrogens with one attached hydrogen (secondary N) is 1. The summed E-state index contributed by atoms with van der Waals surface area (Å²) in [5.74, 6) is -0.172. The highest BCUT2D eigenvalue weighted by atomic mass is 79.9. The standard InChI is InChI=1S/C14H11BrClN3OS/c1-19-10(9(15)6-18-19)7-17-14(20)13-12(16)8-4-2-3-5-11(8)21-13/h2-6H,7H2,1H3,(H,17,20). The molecule has 0 spiro atoms. The summed E-state index contributed by atoms with van der Waals surface area (Å²) < 4.78 is 3.60. The summed E-state index contributed by atoms with van der Waals surface area (Å²) in [6, 6.07) is 7.72. The molecular formula is C14H11BrClN3OS. The molecule has 0 saturated heterocycles. The summed E-state index contributed by atoms with van der Waals surface area (Å²) in [6.45, 7) is 0.389. The van der Waals surface area contributed by atoms with Gasteiger partial charge in [0.15, 0.2) is 0 Å². The SMILES string of the molecule is Cn1ncc(Br)c1CNC(=O)c1sc2ccccc2c1Cl. The number of amides is 1. The molecular weight excluding hydrogens is 374 g/mol. The zero-order valence-corrected chi connectivity index (χ0v) is 14.2. The van der Waals surface area contributed by atoms with Crippen LogP contribution in [0.1, 0.15) is 15.4 Å². The van der Waals surface area contributed by atoms with E-state index in [1.54, 1.807) is 10.9 Å². The molecule has 1 aromatic carbocycles. The van der Waals surface area contributed by atoms with Gasteiger partial charge in [-0.15, -0.1) is 11.3 Å². The minimum absolute atomic E-state index is 0.172. The predicted octanol–water partition coefficient (Wildman–Crippen LogP) is 3.98. The van der Waals surface area contributed by atoms with Crippen molar-refractivity contribution in [1.29, 1.82) is 0 Å². The van der Waals surface area contributed by atoms with E-state index >= 15 is 0 Å². The maximum absolute atomic E-state index is 12.3. The molecule has 1 N–H and O–H groups in total. The van der Waals surface area contributed by atoms with Crippen LogP contribution >= 0.6 is 38.9 Å². The second-order valence-corrected chi connectivity index (χ2v) is 6.77. The van der Waals surface area contributed by atoms with Crippen molar-refractivity contribution in [2.24, 2.45) is 7.05 Å². The molecule has 0 radical (unpaired) electrons. The van der Waals surface area contributed by atoms with Crippen molar-refractivity contribution in [2.45, 2.75) is 6.54 Å². The fourth-order valence-corrected chi connectivity index (χ4v) is 3.96. The van der Waals surface area contributed by atoms with Crippen LogP contribution in [0, 0.1) is 0 Å². The van der Waals surface area contributed by atoms with E-state index in [1.165, 1.54) is 11.3 Å². The molecule has 0 atom stereocenters. The molecule has 0 saturated carbocycles. The Morgan fingerprint density at radius 3 is 2.90 bits per heavy atom. The lowest BCUT2D eigenvalue weighted by molar-refractivity contribution is 0.0954. The molecule has 0 aliphatic heterocycles. The number of hydrogen-bond acceptors (Lipinski definition) is 3. The summed E-state index contributed by atoms with van der Waals surface area (Å²) in [5.41, 5.74) is 0.903. The maximum Gasteiger partial charge on any atom is 0.263 e. The van der Waals surface area contributed by atoms with E-state index in [0.717, 1.165) is 20.3 Å². The number of hydrogen-bond donors (Lipinski definition) is 1. The topological polar surface area (TPSA) is 46.9 Å². The van der Waals surface area contributed by atoms with Crippen LogP contribution in [0.2, 0.25) is 5.02 Å². The number of rotatable bonds is 3. The van der Waals surface area contributed by atoms with E-state index in [-0.39, 0.29) is 5.91 Å². The smallest absolute Gasteiger partial charge is 0.263 e. The van der Waals surface area contributed by atoms with Gasteiger partial charge in [-0.3, -0.25) is 9.48 Å². The Labute approximate surface area is 138 Å². The Morgan fingerprint density at radius 2 is 2.24 bits per heavy atom. The van der Waals surface area contributed by atoms with Crippen LogP contribution in [-0.4, -0.2) is 15.7 Å². The highest BCUT2D eigenvalue weighted by molar-refractivity contribution is 9.10. The highest BCUT2D eigenvalue weighted by Crippen LogP contribution is 2.35. The van der Waals surface area contributed by atoms with Crippen LogP contribution in [0.4, 0.5) is 0 Å². The molecule has 4 nitrogen and oxygen atoms in total. The Balaban J connectivity index is 1.83. The third-order valence-corrected chi connectivity index (χ3v) is 5.50. The van der Waals surface area contributed by atoms with Gasteiger partial charge >= 0.3 is 0 Å². The van der Waals surface area contributed by atoms with Crippen LogP contribution in [-0.2, 0) is 13.6 Å². The van der Waals surface area contributed by atoms with Gasteiger partial charge in [-0.25, -0.2) is 0 Å². The molecule has 21 heavy (non-hydrogen) atoms. The van der Waals surface area contributed by atoms with Gasteiger partial charge in [0.05, 0.1) is 27.9 Å². The van der Waals surface area contributed by atoms with Gasteiger partial charge in [-0.1, -0.05) is 29.8 Å². The number of benzene rings is 1. The first kappa shape index (κ1) is 14.6. The molecule has 0 fully saturated rings. The Bertz CT molecular complexity index is 807. The predicted molar refractivity (Wildman–Crippen MR) is 88.9 cm³/mol. The zero-order valence-electron chi connectivity index (χ0n) is 11.1. The average molecular weight is 385 g/mol. The van der Waals surface area contributed by atoms with E-state index in [0.29, 0.717) is 16.4 Å². The second kappa shape index (κ2) is 5.79. The second-order valence-electron chi connectivity index (χ2n) is 4.49. The van der Waals surface area contributed by atoms with Gasteiger partial charge < -0.3 is 5.32 Å². The van der Waals surface area contributed by atoms with E-state index < -0.39 is 0 Å². The summed E-state index contributed by atoms with van der Waals surface area (Å²) in [5, 5.41) is 8.42. The van der Waals surface area contributed by atoms with Crippen LogP contribution in [0.15, 0.2) is 34.9 Å². The summed E-state index contributed by atoms with van der Waals surface area (Å²) in [6.07, 6.45) is 1.70. The lowest BCUT2D eigenvalue weighted by Crippen LogP contribution is -2.23. The molecule has 2 heterocycles. The number of halogens is 2. The van der Waals surface area contributed by atoms with E-state index in [9.17, 15) is 4.79 Å². The molecule has 1 amide bonds. The molecule has 3 rings (SSSR count). The van der Waals surface area contributed by atoms with Crippen molar-refractivity contribution in [3.8, 4) is 0 Å². The lowest BCUT2D eigenvalue weighted by atomic mass is 10.2. The largest absolute Gasteiger partial charge is 0.346 e. The van der Waals surface area contributed by atoms with E-state index in [1.807, 2.05) is 31.3 Å². The number of thiophene rings is 1. The monoisotopic (exact) mass is 383 g/mol. The van der Waals surface area contributed by atoms with Gasteiger partial charge in [0.25, 0.3) is 5.91 Å². The van der Waals surface area contributed by atoms with E-state index in [4.69, 9.17) is 11.6 Å². The molecule has 0 aliphatic carbocycles. The summed E-state index contributed by atoms with van der Waals surface area (Å²) >= 11 is 11.1. The first-order valence-electron chi connectivity index (χ1n) is 6.19. The van der Waals surface area contributed by atoms with Gasteiger partial charge in [-0.05, 0) is 22.0 Å². The molecule has 0 aliphatic rings. The van der Waals surface area contributed by atoms with Gasteiger partial charge in [0, 0.05) is 17.1 Å². The van der Waals surface area contributed by atoms with Crippen LogP contribution in [0.3, 0.4) is 0 Å². The van der Waals surface area contributed by atoms with Crippen molar-refractivity contribution < 1.29 is 4.79 Å². The van der Waals surface area contributed by atoms with Gasteiger partial charge in [-0.2, -0.15) is 5.10 Å². The Kier molecular flexibility index (Phi) is 4.01. The number of aromatic nitrogens is 2. The fourth-order valence-electron chi connectivity index (χ4n) is 2.04. The fraction of sp³-hybridized carbons (Fsp3) is 0.143. The zero-order chi connectivity index (χ0) is 15.0. The number of nitrogens with zero attached hydrogens (tertiary/aromatic N) is 2. The number of fused-ring (bicyclic) bond motifs is 1. The van der Waals surface area contributed by atoms with Crippen LogP contribution < -0.4 is 5.32 Å². The first-order chi connectivity index (χ1) is 10.1. The number of carbonyl (C=O) groups excluding carboxylic acids is 1. The van der Waals surface area contributed by atoms with E-state index in [2.05, 4.69) is 26.3 Å². The Morgan fingerprint density at radius 1 is 1.48 bits per heavy atom. The number of carbonyl (C=O) groups is 1. The van der Waals surface area contributed by atoms with Crippen LogP contribution in [0.25, 0.3) is 10.1 Å². The third kappa shape index (κ3) is 2.71. The molecule has 0 bridgehead atoms. The van der Waals surface area contributed by atoms with Gasteiger partial charge in [0.2, 0.25) is 0 Å². The summed E-state index contributed by atoms with van der Waals surface area (Å²) in [7, 11) is 1.83. The minimum atomic E-state index is -0.172. The van der Waals surface area contributed by atoms with Crippen molar-refractivity contribution in [3.63, 3.8) is 0 Å². The van der Waals surface area contributed by atoms with Crippen LogP contribution in [0.5, 0.6) is 0 Å². The van der Waals surface area contributed by atoms with Crippen molar-refractivity contribution in [1.82, 2.24) is 15.1 Å². The molecule has 7 heteroatoms. The molecule has 0 unspecified atom stereocenters. The Hall–Kier alpha value is -1.37. The van der Waals surface area contributed by atoms with Crippen molar-refractivity contribution in [2.75, 3.05) is 0 Å². The molecule has 2 aromatic heterocycles. The quantitative estimate of drug-likeness (QED) is 0.742. The lowest BCUT2D eigenvalue weighted by Gasteiger charge is -2.05.